The van der Waals surface area contributed by atoms with E-state index in [1.54, 1.807) is 42.1 Å². The van der Waals surface area contributed by atoms with E-state index in [0.717, 1.165) is 10.5 Å². The Labute approximate surface area is 165 Å². The van der Waals surface area contributed by atoms with Gasteiger partial charge in [0.05, 0.1) is 6.42 Å². The molecule has 0 atom stereocenters. The number of rotatable bonds is 7. The highest BCUT2D eigenvalue weighted by Crippen LogP contribution is 2.16. The maximum Gasteiger partial charge on any atom is 0.405 e. The third-order valence-corrected chi connectivity index (χ3v) is 4.36. The number of nitrogens with one attached hydrogen (secondary N) is 2. The first-order valence-corrected chi connectivity index (χ1v) is 9.53. The second-order valence-corrected chi connectivity index (χ2v) is 6.74. The van der Waals surface area contributed by atoms with Crippen LogP contribution in [0.5, 0.6) is 0 Å². The standard InChI is InChI=1S/C20H19F3N2O2S/c1-28-17-9-4-14(5-10-17)6-11-18(26)25-16-7-2-15(3-8-16)12-19(27)24-13-20(21,22)23/h2-11H,12-13H2,1H3,(H,24,27)(H,25,26)/b11-6+. The van der Waals surface area contributed by atoms with Gasteiger partial charge in [-0.25, -0.2) is 0 Å². The first kappa shape index (κ1) is 21.6. The topological polar surface area (TPSA) is 58.2 Å². The van der Waals surface area contributed by atoms with Gasteiger partial charge in [-0.15, -0.1) is 11.8 Å². The van der Waals surface area contributed by atoms with E-state index in [9.17, 15) is 22.8 Å². The van der Waals surface area contributed by atoms with Crippen LogP contribution in [0.25, 0.3) is 6.08 Å². The molecule has 0 unspecified atom stereocenters. The molecule has 0 heterocycles. The molecule has 148 valence electrons. The van der Waals surface area contributed by atoms with Gasteiger partial charge in [0.25, 0.3) is 0 Å². The maximum atomic E-state index is 12.1. The molecule has 4 nitrogen and oxygen atoms in total. The van der Waals surface area contributed by atoms with E-state index in [2.05, 4.69) is 5.32 Å². The summed E-state index contributed by atoms with van der Waals surface area (Å²) in [5, 5.41) is 4.49. The summed E-state index contributed by atoms with van der Waals surface area (Å²) in [4.78, 5) is 24.6. The van der Waals surface area contributed by atoms with Gasteiger partial charge >= 0.3 is 6.18 Å². The summed E-state index contributed by atoms with van der Waals surface area (Å²) in [7, 11) is 0. The molecule has 0 radical (unpaired) electrons. The number of carbonyl (C=O) groups excluding carboxylic acids is 2. The molecule has 2 rings (SSSR count). The molecule has 0 spiro atoms. The zero-order valence-corrected chi connectivity index (χ0v) is 15.9. The molecule has 8 heteroatoms. The van der Waals surface area contributed by atoms with Crippen molar-refractivity contribution in [2.24, 2.45) is 0 Å². The molecule has 0 bridgehead atoms. The van der Waals surface area contributed by atoms with Crippen molar-refractivity contribution < 1.29 is 22.8 Å². The number of hydrogen-bond donors (Lipinski definition) is 2. The molecule has 0 aliphatic carbocycles. The Balaban J connectivity index is 1.84. The second kappa shape index (κ2) is 9.98. The van der Waals surface area contributed by atoms with Crippen molar-refractivity contribution in [3.05, 3.63) is 65.7 Å². The summed E-state index contributed by atoms with van der Waals surface area (Å²) < 4.78 is 36.2. The Morgan fingerprint density at radius 1 is 1.04 bits per heavy atom. The summed E-state index contributed by atoms with van der Waals surface area (Å²) in [5.41, 5.74) is 1.96. The van der Waals surface area contributed by atoms with Gasteiger partial charge in [-0.05, 0) is 47.7 Å². The molecule has 0 aliphatic rings. The summed E-state index contributed by atoms with van der Waals surface area (Å²) in [6, 6.07) is 14.1. The Morgan fingerprint density at radius 3 is 2.25 bits per heavy atom. The quantitative estimate of drug-likeness (QED) is 0.531. The first-order valence-electron chi connectivity index (χ1n) is 8.31. The average molecular weight is 408 g/mol. The molecular weight excluding hydrogens is 389 g/mol. The average Bonchev–Trinajstić information content (AvgIpc) is 2.66. The molecule has 2 amide bonds. The monoisotopic (exact) mass is 408 g/mol. The Morgan fingerprint density at radius 2 is 1.68 bits per heavy atom. The highest BCUT2D eigenvalue weighted by molar-refractivity contribution is 7.98. The van der Waals surface area contributed by atoms with Crippen LogP contribution in [0.2, 0.25) is 0 Å². The lowest BCUT2D eigenvalue weighted by molar-refractivity contribution is -0.138. The highest BCUT2D eigenvalue weighted by Gasteiger charge is 2.27. The number of alkyl halides is 3. The minimum absolute atomic E-state index is 0.170. The van der Waals surface area contributed by atoms with Gasteiger partial charge in [-0.1, -0.05) is 24.3 Å². The molecule has 0 fully saturated rings. The van der Waals surface area contributed by atoms with Crippen LogP contribution in [0.1, 0.15) is 11.1 Å². The largest absolute Gasteiger partial charge is 0.405 e. The normalized spacial score (nSPS) is 11.4. The van der Waals surface area contributed by atoms with E-state index in [1.807, 2.05) is 35.8 Å². The molecule has 28 heavy (non-hydrogen) atoms. The molecule has 2 N–H and O–H groups in total. The van der Waals surface area contributed by atoms with Gasteiger partial charge in [0, 0.05) is 16.7 Å². The fourth-order valence-electron chi connectivity index (χ4n) is 2.22. The van der Waals surface area contributed by atoms with E-state index in [-0.39, 0.29) is 12.3 Å². The fourth-order valence-corrected chi connectivity index (χ4v) is 2.63. The summed E-state index contributed by atoms with van der Waals surface area (Å²) >= 11 is 1.63. The lowest BCUT2D eigenvalue weighted by Gasteiger charge is -2.08. The lowest BCUT2D eigenvalue weighted by atomic mass is 10.1. The minimum Gasteiger partial charge on any atom is -0.347 e. The predicted molar refractivity (Wildman–Crippen MR) is 105 cm³/mol. The lowest BCUT2D eigenvalue weighted by Crippen LogP contribution is -2.34. The maximum absolute atomic E-state index is 12.1. The number of thioether (sulfide) groups is 1. The summed E-state index contributed by atoms with van der Waals surface area (Å²) in [6.07, 6.45) is 0.481. The van der Waals surface area contributed by atoms with Crippen LogP contribution in [-0.2, 0) is 16.0 Å². The Bertz CT molecular complexity index is 832. The SMILES string of the molecule is CSc1ccc(/C=C/C(=O)Nc2ccc(CC(=O)NCC(F)(F)F)cc2)cc1. The molecule has 0 aliphatic heterocycles. The third-order valence-electron chi connectivity index (χ3n) is 3.62. The van der Waals surface area contributed by atoms with Crippen LogP contribution in [0.3, 0.4) is 0 Å². The number of benzene rings is 2. The number of halogens is 3. The van der Waals surface area contributed by atoms with E-state index < -0.39 is 18.6 Å². The van der Waals surface area contributed by atoms with Crippen molar-refractivity contribution in [3.8, 4) is 0 Å². The van der Waals surface area contributed by atoms with E-state index in [1.165, 1.54) is 6.08 Å². The van der Waals surface area contributed by atoms with Gasteiger partial charge in [0.1, 0.15) is 6.54 Å². The number of amides is 2. The number of hydrogen-bond acceptors (Lipinski definition) is 3. The van der Waals surface area contributed by atoms with Gasteiger partial charge in [-0.3, -0.25) is 9.59 Å². The molecular formula is C20H19F3N2O2S. The number of carbonyl (C=O) groups is 2. The Hall–Kier alpha value is -2.74. The minimum atomic E-state index is -4.44. The molecule has 0 saturated heterocycles. The predicted octanol–water partition coefficient (Wildman–Crippen LogP) is 4.28. The van der Waals surface area contributed by atoms with Crippen LogP contribution in [0.15, 0.2) is 59.5 Å². The van der Waals surface area contributed by atoms with E-state index in [0.29, 0.717) is 11.3 Å². The highest BCUT2D eigenvalue weighted by atomic mass is 32.2. The van der Waals surface area contributed by atoms with Crippen molar-refractivity contribution in [3.63, 3.8) is 0 Å². The van der Waals surface area contributed by atoms with Crippen molar-refractivity contribution in [2.45, 2.75) is 17.5 Å². The van der Waals surface area contributed by atoms with Crippen LogP contribution in [-0.4, -0.2) is 30.8 Å². The van der Waals surface area contributed by atoms with Gasteiger partial charge in [-0.2, -0.15) is 13.2 Å². The third kappa shape index (κ3) is 7.87. The van der Waals surface area contributed by atoms with Crippen molar-refractivity contribution in [1.82, 2.24) is 5.32 Å². The smallest absolute Gasteiger partial charge is 0.347 e. The molecule has 2 aromatic rings. The number of anilines is 1. The fraction of sp³-hybridized carbons (Fsp3) is 0.200. The van der Waals surface area contributed by atoms with E-state index >= 15 is 0 Å². The van der Waals surface area contributed by atoms with Gasteiger partial charge in [0.15, 0.2) is 0 Å². The van der Waals surface area contributed by atoms with Crippen molar-refractivity contribution in [2.75, 3.05) is 18.1 Å². The van der Waals surface area contributed by atoms with Crippen molar-refractivity contribution >= 4 is 35.3 Å². The van der Waals surface area contributed by atoms with Crippen LogP contribution < -0.4 is 10.6 Å². The van der Waals surface area contributed by atoms with Crippen LogP contribution in [0, 0.1) is 0 Å². The zero-order valence-electron chi connectivity index (χ0n) is 15.0. The van der Waals surface area contributed by atoms with Gasteiger partial charge in [0.2, 0.25) is 11.8 Å². The molecule has 0 saturated carbocycles. The van der Waals surface area contributed by atoms with Gasteiger partial charge < -0.3 is 10.6 Å². The summed E-state index contributed by atoms with van der Waals surface area (Å²) in [6.45, 7) is -1.35. The van der Waals surface area contributed by atoms with Crippen LogP contribution >= 0.6 is 11.8 Å². The summed E-state index contributed by atoms with van der Waals surface area (Å²) in [5.74, 6) is -1.03. The molecule has 0 aromatic heterocycles. The van der Waals surface area contributed by atoms with E-state index in [4.69, 9.17) is 0 Å². The first-order chi connectivity index (χ1) is 13.2. The molecule has 2 aromatic carbocycles. The Kier molecular flexibility index (Phi) is 7.69. The van der Waals surface area contributed by atoms with Crippen LogP contribution in [0.4, 0.5) is 18.9 Å². The zero-order chi connectivity index (χ0) is 20.6. The van der Waals surface area contributed by atoms with Crippen molar-refractivity contribution in [1.29, 1.82) is 0 Å². The second-order valence-electron chi connectivity index (χ2n) is 5.86.